The maximum absolute atomic E-state index is 12.8. The van der Waals surface area contributed by atoms with Crippen LogP contribution in [-0.4, -0.2) is 23.3 Å². The summed E-state index contributed by atoms with van der Waals surface area (Å²) in [5.74, 6) is -0.785. The van der Waals surface area contributed by atoms with Gasteiger partial charge in [0.25, 0.3) is 0 Å². The number of rotatable bonds is 3. The fourth-order valence-electron chi connectivity index (χ4n) is 1.45. The molecule has 0 aliphatic carbocycles. The lowest BCUT2D eigenvalue weighted by Gasteiger charge is -2.21. The highest BCUT2D eigenvalue weighted by Crippen LogP contribution is 2.23. The second-order valence-corrected chi connectivity index (χ2v) is 5.19. The standard InChI is InChI=1S/C13H19FN2O3/c1-13(2,3)19-12(18)16-7-10(15)9-5-4-8(14)6-11(9)17/h4-6,10,17H,7,15H2,1-3H3,(H,16,18)/t10-/m0/s1. The van der Waals surface area contributed by atoms with Gasteiger partial charge in [-0.2, -0.15) is 0 Å². The number of ether oxygens (including phenoxy) is 1. The Morgan fingerprint density at radius 1 is 1.53 bits per heavy atom. The smallest absolute Gasteiger partial charge is 0.407 e. The molecular formula is C13H19FN2O3. The van der Waals surface area contributed by atoms with Crippen LogP contribution < -0.4 is 11.1 Å². The average molecular weight is 270 g/mol. The summed E-state index contributed by atoms with van der Waals surface area (Å²) in [5.41, 5.74) is 5.57. The maximum atomic E-state index is 12.8. The lowest BCUT2D eigenvalue weighted by molar-refractivity contribution is 0.0524. The third-order valence-electron chi connectivity index (χ3n) is 2.26. The van der Waals surface area contributed by atoms with E-state index in [-0.39, 0.29) is 12.3 Å². The predicted molar refractivity (Wildman–Crippen MR) is 69.2 cm³/mol. The van der Waals surface area contributed by atoms with Crippen molar-refractivity contribution in [3.8, 4) is 5.75 Å². The summed E-state index contributed by atoms with van der Waals surface area (Å²) in [7, 11) is 0. The average Bonchev–Trinajstić information content (AvgIpc) is 2.23. The number of alkyl carbamates (subject to hydrolysis) is 1. The van der Waals surface area contributed by atoms with E-state index in [1.807, 2.05) is 0 Å². The SMILES string of the molecule is CC(C)(C)OC(=O)NC[C@H](N)c1ccc(F)cc1O. The largest absolute Gasteiger partial charge is 0.508 e. The summed E-state index contributed by atoms with van der Waals surface area (Å²) < 4.78 is 17.9. The number of nitrogens with one attached hydrogen (secondary N) is 1. The topological polar surface area (TPSA) is 84.6 Å². The molecule has 0 heterocycles. The van der Waals surface area contributed by atoms with Gasteiger partial charge in [0.15, 0.2) is 0 Å². The van der Waals surface area contributed by atoms with Gasteiger partial charge in [-0.15, -0.1) is 0 Å². The third kappa shape index (κ3) is 5.13. The number of halogens is 1. The monoisotopic (exact) mass is 270 g/mol. The van der Waals surface area contributed by atoms with Crippen LogP contribution in [0.15, 0.2) is 18.2 Å². The van der Waals surface area contributed by atoms with Crippen molar-refractivity contribution in [2.45, 2.75) is 32.4 Å². The number of benzene rings is 1. The Morgan fingerprint density at radius 3 is 2.68 bits per heavy atom. The van der Waals surface area contributed by atoms with Crippen LogP contribution in [-0.2, 0) is 4.74 Å². The molecule has 0 fully saturated rings. The lowest BCUT2D eigenvalue weighted by atomic mass is 10.1. The lowest BCUT2D eigenvalue weighted by Crippen LogP contribution is -2.36. The summed E-state index contributed by atoms with van der Waals surface area (Å²) in [6, 6.07) is 2.91. The Kier molecular flexibility index (Phi) is 4.72. The van der Waals surface area contributed by atoms with Gasteiger partial charge in [-0.25, -0.2) is 9.18 Å². The molecular weight excluding hydrogens is 251 g/mol. The first-order valence-electron chi connectivity index (χ1n) is 5.90. The summed E-state index contributed by atoms with van der Waals surface area (Å²) in [5, 5.41) is 12.0. The number of nitrogens with two attached hydrogens (primary N) is 1. The van der Waals surface area contributed by atoms with E-state index in [2.05, 4.69) is 5.32 Å². The van der Waals surface area contributed by atoms with Crippen molar-refractivity contribution in [1.82, 2.24) is 5.32 Å². The van der Waals surface area contributed by atoms with Crippen LogP contribution in [0.3, 0.4) is 0 Å². The first kappa shape index (κ1) is 15.2. The molecule has 4 N–H and O–H groups in total. The zero-order chi connectivity index (χ0) is 14.6. The normalized spacial score (nSPS) is 12.9. The van der Waals surface area contributed by atoms with Gasteiger partial charge in [0.2, 0.25) is 0 Å². The number of amides is 1. The van der Waals surface area contributed by atoms with Crippen LogP contribution in [0.25, 0.3) is 0 Å². The van der Waals surface area contributed by atoms with Gasteiger partial charge >= 0.3 is 6.09 Å². The number of carbonyl (C=O) groups excluding carboxylic acids is 1. The Hall–Kier alpha value is -1.82. The number of hydrogen-bond donors (Lipinski definition) is 3. The van der Waals surface area contributed by atoms with Crippen LogP contribution in [0.2, 0.25) is 0 Å². The zero-order valence-electron chi connectivity index (χ0n) is 11.2. The van der Waals surface area contributed by atoms with Gasteiger partial charge in [0, 0.05) is 18.2 Å². The third-order valence-corrected chi connectivity index (χ3v) is 2.26. The molecule has 1 rings (SSSR count). The fourth-order valence-corrected chi connectivity index (χ4v) is 1.45. The molecule has 0 unspecified atom stereocenters. The molecule has 106 valence electrons. The van der Waals surface area contributed by atoms with Gasteiger partial charge in [-0.05, 0) is 26.8 Å². The molecule has 0 aliphatic rings. The van der Waals surface area contributed by atoms with E-state index in [4.69, 9.17) is 10.5 Å². The van der Waals surface area contributed by atoms with Crippen molar-refractivity contribution in [3.05, 3.63) is 29.6 Å². The van der Waals surface area contributed by atoms with Crippen molar-refractivity contribution < 1.29 is 19.0 Å². The molecule has 5 nitrogen and oxygen atoms in total. The molecule has 0 aromatic heterocycles. The summed E-state index contributed by atoms with van der Waals surface area (Å²) in [4.78, 5) is 11.4. The minimum atomic E-state index is -0.645. The molecule has 1 aromatic carbocycles. The Morgan fingerprint density at radius 2 is 2.16 bits per heavy atom. The van der Waals surface area contributed by atoms with Crippen LogP contribution in [0.4, 0.5) is 9.18 Å². The van der Waals surface area contributed by atoms with Crippen molar-refractivity contribution >= 4 is 6.09 Å². The van der Waals surface area contributed by atoms with Crippen LogP contribution in [0.1, 0.15) is 32.4 Å². The second-order valence-electron chi connectivity index (χ2n) is 5.19. The quantitative estimate of drug-likeness (QED) is 0.784. The summed E-state index contributed by atoms with van der Waals surface area (Å²) in [6.07, 6.45) is -0.593. The van der Waals surface area contributed by atoms with E-state index >= 15 is 0 Å². The number of phenolic OH excluding ortho intramolecular Hbond substituents is 1. The highest BCUT2D eigenvalue weighted by molar-refractivity contribution is 5.67. The first-order chi connectivity index (χ1) is 8.69. The molecule has 0 saturated heterocycles. The molecule has 0 saturated carbocycles. The molecule has 19 heavy (non-hydrogen) atoms. The van der Waals surface area contributed by atoms with Gasteiger partial charge < -0.3 is 20.9 Å². The van der Waals surface area contributed by atoms with E-state index in [0.29, 0.717) is 5.56 Å². The van der Waals surface area contributed by atoms with Crippen LogP contribution in [0, 0.1) is 5.82 Å². The molecule has 0 radical (unpaired) electrons. The predicted octanol–water partition coefficient (Wildman–Crippen LogP) is 2.06. The molecule has 1 aromatic rings. The number of phenols is 1. The minimum absolute atomic E-state index is 0.0775. The van der Waals surface area contributed by atoms with Crippen molar-refractivity contribution in [2.24, 2.45) is 5.73 Å². The van der Waals surface area contributed by atoms with Crippen LogP contribution >= 0.6 is 0 Å². The van der Waals surface area contributed by atoms with Crippen molar-refractivity contribution in [3.63, 3.8) is 0 Å². The van der Waals surface area contributed by atoms with Crippen LogP contribution in [0.5, 0.6) is 5.75 Å². The highest BCUT2D eigenvalue weighted by atomic mass is 19.1. The zero-order valence-corrected chi connectivity index (χ0v) is 11.2. The number of carbonyl (C=O) groups is 1. The van der Waals surface area contributed by atoms with E-state index in [1.165, 1.54) is 12.1 Å². The van der Waals surface area contributed by atoms with Gasteiger partial charge in [0.05, 0.1) is 6.04 Å². The molecule has 6 heteroatoms. The molecule has 0 bridgehead atoms. The fraction of sp³-hybridized carbons (Fsp3) is 0.462. The van der Waals surface area contributed by atoms with Crippen molar-refractivity contribution in [2.75, 3.05) is 6.54 Å². The minimum Gasteiger partial charge on any atom is -0.508 e. The van der Waals surface area contributed by atoms with E-state index in [9.17, 15) is 14.3 Å². The Labute approximate surface area is 111 Å². The first-order valence-corrected chi connectivity index (χ1v) is 5.90. The van der Waals surface area contributed by atoms with Gasteiger partial charge in [-0.1, -0.05) is 6.07 Å². The van der Waals surface area contributed by atoms with Gasteiger partial charge in [0.1, 0.15) is 17.2 Å². The number of aromatic hydroxyl groups is 1. The molecule has 0 aliphatic heterocycles. The summed E-state index contributed by atoms with van der Waals surface area (Å²) >= 11 is 0. The Bertz CT molecular complexity index is 458. The summed E-state index contributed by atoms with van der Waals surface area (Å²) in [6.45, 7) is 5.32. The second kappa shape index (κ2) is 5.88. The van der Waals surface area contributed by atoms with E-state index in [0.717, 1.165) is 6.07 Å². The van der Waals surface area contributed by atoms with E-state index in [1.54, 1.807) is 20.8 Å². The van der Waals surface area contributed by atoms with E-state index < -0.39 is 23.6 Å². The molecule has 0 spiro atoms. The maximum Gasteiger partial charge on any atom is 0.407 e. The van der Waals surface area contributed by atoms with Crippen molar-refractivity contribution in [1.29, 1.82) is 0 Å². The number of hydrogen-bond acceptors (Lipinski definition) is 4. The Balaban J connectivity index is 2.56. The molecule has 1 amide bonds. The molecule has 1 atom stereocenters. The highest BCUT2D eigenvalue weighted by Gasteiger charge is 2.18. The van der Waals surface area contributed by atoms with Gasteiger partial charge in [-0.3, -0.25) is 0 Å².